The fourth-order valence-electron chi connectivity index (χ4n) is 3.27. The Morgan fingerprint density at radius 3 is 2.64 bits per heavy atom. The standard InChI is InChI=1S/C23H21N5O4S/c29-22(15-4-5-15)28-23-26-20-11-8-18(13-21(20)27-23)32-33(30,31)19-9-6-16(7-10-19)25-14-17-3-1-2-12-24-17/h1-3,6-13,15,25H,4-5,14H2,(H2,26,27,28,29). The second-order valence-electron chi connectivity index (χ2n) is 7.76. The number of carbonyl (C=O) groups excluding carboxylic acids is 1. The zero-order chi connectivity index (χ0) is 22.8. The molecule has 0 unspecified atom stereocenters. The summed E-state index contributed by atoms with van der Waals surface area (Å²) in [7, 11) is -4.03. The van der Waals surface area contributed by atoms with Crippen LogP contribution in [0.15, 0.2) is 71.8 Å². The lowest BCUT2D eigenvalue weighted by molar-refractivity contribution is -0.117. The third-order valence-corrected chi connectivity index (χ3v) is 6.45. The van der Waals surface area contributed by atoms with E-state index in [2.05, 4.69) is 25.6 Å². The predicted octanol–water partition coefficient (Wildman–Crippen LogP) is 3.69. The van der Waals surface area contributed by atoms with Gasteiger partial charge in [0.1, 0.15) is 10.6 Å². The molecule has 33 heavy (non-hydrogen) atoms. The Labute approximate surface area is 190 Å². The van der Waals surface area contributed by atoms with Gasteiger partial charge in [-0.15, -0.1) is 0 Å². The van der Waals surface area contributed by atoms with Gasteiger partial charge in [0, 0.05) is 23.9 Å². The van der Waals surface area contributed by atoms with Gasteiger partial charge in [0.25, 0.3) is 0 Å². The van der Waals surface area contributed by atoms with Crippen molar-refractivity contribution in [3.05, 3.63) is 72.6 Å². The fourth-order valence-corrected chi connectivity index (χ4v) is 4.20. The largest absolute Gasteiger partial charge is 0.379 e. The summed E-state index contributed by atoms with van der Waals surface area (Å²) in [5.41, 5.74) is 2.79. The van der Waals surface area contributed by atoms with Crippen molar-refractivity contribution < 1.29 is 17.4 Å². The molecule has 0 spiro atoms. The van der Waals surface area contributed by atoms with E-state index in [1.165, 1.54) is 24.3 Å². The number of nitrogens with zero attached hydrogens (tertiary/aromatic N) is 2. The summed E-state index contributed by atoms with van der Waals surface area (Å²) in [6.45, 7) is 0.525. The molecule has 0 aliphatic heterocycles. The van der Waals surface area contributed by atoms with E-state index in [4.69, 9.17) is 4.18 Å². The van der Waals surface area contributed by atoms with Crippen LogP contribution in [0.1, 0.15) is 18.5 Å². The van der Waals surface area contributed by atoms with Crippen molar-refractivity contribution >= 4 is 38.7 Å². The van der Waals surface area contributed by atoms with Crippen molar-refractivity contribution in [2.24, 2.45) is 5.92 Å². The van der Waals surface area contributed by atoms with Crippen molar-refractivity contribution in [1.82, 2.24) is 15.0 Å². The fraction of sp³-hybridized carbons (Fsp3) is 0.174. The predicted molar refractivity (Wildman–Crippen MR) is 123 cm³/mol. The third kappa shape index (κ3) is 4.96. The number of carbonyl (C=O) groups is 1. The summed E-state index contributed by atoms with van der Waals surface area (Å²) in [5.74, 6) is 0.462. The van der Waals surface area contributed by atoms with Gasteiger partial charge in [-0.1, -0.05) is 6.07 Å². The van der Waals surface area contributed by atoms with Gasteiger partial charge in [0.2, 0.25) is 11.9 Å². The van der Waals surface area contributed by atoms with Crippen LogP contribution in [-0.4, -0.2) is 29.3 Å². The number of hydrogen-bond acceptors (Lipinski definition) is 7. The van der Waals surface area contributed by atoms with Crippen LogP contribution in [0, 0.1) is 5.92 Å². The second kappa shape index (κ2) is 8.55. The molecule has 0 radical (unpaired) electrons. The number of aromatic amines is 1. The number of imidazole rings is 1. The number of amides is 1. The molecular formula is C23H21N5O4S. The molecule has 2 heterocycles. The molecule has 9 nitrogen and oxygen atoms in total. The van der Waals surface area contributed by atoms with Crippen LogP contribution in [0.4, 0.5) is 11.6 Å². The molecule has 10 heteroatoms. The maximum atomic E-state index is 12.7. The average Bonchev–Trinajstić information content (AvgIpc) is 3.59. The van der Waals surface area contributed by atoms with Gasteiger partial charge in [0.15, 0.2) is 0 Å². The zero-order valence-corrected chi connectivity index (χ0v) is 18.3. The third-order valence-electron chi connectivity index (χ3n) is 5.19. The number of H-pyrrole nitrogens is 1. The Kier molecular flexibility index (Phi) is 5.43. The lowest BCUT2D eigenvalue weighted by Crippen LogP contribution is -2.14. The lowest BCUT2D eigenvalue weighted by atomic mass is 10.3. The lowest BCUT2D eigenvalue weighted by Gasteiger charge is -2.09. The first-order valence-corrected chi connectivity index (χ1v) is 11.9. The molecule has 1 fully saturated rings. The summed E-state index contributed by atoms with van der Waals surface area (Å²) >= 11 is 0. The van der Waals surface area contributed by atoms with Gasteiger partial charge in [0.05, 0.1) is 23.3 Å². The Hall–Kier alpha value is -3.92. The van der Waals surface area contributed by atoms with Gasteiger partial charge in [-0.2, -0.15) is 8.42 Å². The SMILES string of the molecule is O=C(Nc1nc2ccc(OS(=O)(=O)c3ccc(NCc4ccccn4)cc3)cc2[nH]1)C1CC1. The molecule has 0 atom stereocenters. The normalized spacial score (nSPS) is 13.6. The maximum Gasteiger partial charge on any atom is 0.339 e. The van der Waals surface area contributed by atoms with Crippen molar-refractivity contribution in [1.29, 1.82) is 0 Å². The molecule has 0 saturated heterocycles. The number of aromatic nitrogens is 3. The monoisotopic (exact) mass is 463 g/mol. The summed E-state index contributed by atoms with van der Waals surface area (Å²) in [6, 6.07) is 16.7. The highest BCUT2D eigenvalue weighted by Gasteiger charge is 2.30. The van der Waals surface area contributed by atoms with E-state index in [0.29, 0.717) is 23.5 Å². The highest BCUT2D eigenvalue weighted by Crippen LogP contribution is 2.30. The first-order valence-electron chi connectivity index (χ1n) is 10.5. The number of hydrogen-bond donors (Lipinski definition) is 3. The number of rotatable bonds is 8. The summed E-state index contributed by atoms with van der Waals surface area (Å²) in [5, 5.41) is 5.94. The van der Waals surface area contributed by atoms with Crippen LogP contribution in [-0.2, 0) is 21.5 Å². The molecule has 0 bridgehead atoms. The number of anilines is 2. The Bertz CT molecular complexity index is 1400. The van der Waals surface area contributed by atoms with Crippen molar-refractivity contribution in [3.8, 4) is 5.75 Å². The minimum atomic E-state index is -4.03. The van der Waals surface area contributed by atoms with Crippen LogP contribution in [0.25, 0.3) is 11.0 Å². The van der Waals surface area contributed by atoms with E-state index in [0.717, 1.165) is 24.2 Å². The number of fused-ring (bicyclic) bond motifs is 1. The molecule has 1 saturated carbocycles. The Morgan fingerprint density at radius 1 is 1.09 bits per heavy atom. The molecule has 5 rings (SSSR count). The van der Waals surface area contributed by atoms with Crippen molar-refractivity contribution in [2.45, 2.75) is 24.3 Å². The quantitative estimate of drug-likeness (QED) is 0.340. The minimum absolute atomic E-state index is 0.0352. The zero-order valence-electron chi connectivity index (χ0n) is 17.5. The molecule has 1 aliphatic rings. The van der Waals surface area contributed by atoms with E-state index < -0.39 is 10.1 Å². The average molecular weight is 464 g/mol. The van der Waals surface area contributed by atoms with Crippen LogP contribution < -0.4 is 14.8 Å². The van der Waals surface area contributed by atoms with Crippen LogP contribution >= 0.6 is 0 Å². The highest BCUT2D eigenvalue weighted by atomic mass is 32.2. The molecule has 4 aromatic rings. The van der Waals surface area contributed by atoms with E-state index in [1.54, 1.807) is 24.4 Å². The van der Waals surface area contributed by atoms with Gasteiger partial charge in [-0.3, -0.25) is 15.1 Å². The summed E-state index contributed by atoms with van der Waals surface area (Å²) in [4.78, 5) is 23.5. The minimum Gasteiger partial charge on any atom is -0.379 e. The molecule has 2 aromatic carbocycles. The van der Waals surface area contributed by atoms with Gasteiger partial charge in [-0.25, -0.2) is 4.98 Å². The first-order chi connectivity index (χ1) is 16.0. The topological polar surface area (TPSA) is 126 Å². The van der Waals surface area contributed by atoms with E-state index in [9.17, 15) is 13.2 Å². The first kappa shape index (κ1) is 21.0. The number of benzene rings is 2. The summed E-state index contributed by atoms with van der Waals surface area (Å²) in [6.07, 6.45) is 3.50. The van der Waals surface area contributed by atoms with Crippen LogP contribution in [0.5, 0.6) is 5.75 Å². The van der Waals surface area contributed by atoms with E-state index in [-0.39, 0.29) is 22.5 Å². The van der Waals surface area contributed by atoms with Gasteiger partial charge >= 0.3 is 10.1 Å². The maximum absolute atomic E-state index is 12.7. The van der Waals surface area contributed by atoms with Crippen LogP contribution in [0.2, 0.25) is 0 Å². The Morgan fingerprint density at radius 2 is 1.91 bits per heavy atom. The number of nitrogens with one attached hydrogen (secondary N) is 3. The smallest absolute Gasteiger partial charge is 0.339 e. The second-order valence-corrected chi connectivity index (χ2v) is 9.31. The molecular weight excluding hydrogens is 442 g/mol. The van der Waals surface area contributed by atoms with Crippen LogP contribution in [0.3, 0.4) is 0 Å². The van der Waals surface area contributed by atoms with Crippen molar-refractivity contribution in [3.63, 3.8) is 0 Å². The van der Waals surface area contributed by atoms with Gasteiger partial charge < -0.3 is 14.5 Å². The molecule has 3 N–H and O–H groups in total. The highest BCUT2D eigenvalue weighted by molar-refractivity contribution is 7.87. The van der Waals surface area contributed by atoms with E-state index >= 15 is 0 Å². The van der Waals surface area contributed by atoms with Crippen molar-refractivity contribution in [2.75, 3.05) is 10.6 Å². The molecule has 168 valence electrons. The van der Waals surface area contributed by atoms with Gasteiger partial charge in [-0.05, 0) is 61.4 Å². The molecule has 1 amide bonds. The van der Waals surface area contributed by atoms with E-state index in [1.807, 2.05) is 18.2 Å². The molecule has 1 aliphatic carbocycles. The molecule has 2 aromatic heterocycles. The summed E-state index contributed by atoms with van der Waals surface area (Å²) < 4.78 is 30.8. The number of pyridine rings is 1. The Balaban J connectivity index is 1.26.